The van der Waals surface area contributed by atoms with Crippen molar-refractivity contribution in [1.29, 1.82) is 0 Å². The van der Waals surface area contributed by atoms with Gasteiger partial charge in [-0.3, -0.25) is 9.10 Å². The highest BCUT2D eigenvalue weighted by Crippen LogP contribution is 2.33. The molecule has 3 aromatic carbocycles. The van der Waals surface area contributed by atoms with Crippen LogP contribution in [0.1, 0.15) is 15.9 Å². The maximum absolute atomic E-state index is 13.3. The zero-order valence-electron chi connectivity index (χ0n) is 15.5. The summed E-state index contributed by atoms with van der Waals surface area (Å²) in [5, 5.41) is 0.634. The van der Waals surface area contributed by atoms with Gasteiger partial charge in [0.25, 0.3) is 0 Å². The fourth-order valence-corrected chi connectivity index (χ4v) is 3.87. The number of hydrogen-bond donors (Lipinski definition) is 0. The topological polar surface area (TPSA) is 54.5 Å². The molecular formula is C21H16Cl2FNO3S. The lowest BCUT2D eigenvalue weighted by molar-refractivity contribution is 0.103. The van der Waals surface area contributed by atoms with Crippen LogP contribution in [0.2, 0.25) is 10.0 Å². The van der Waals surface area contributed by atoms with Crippen LogP contribution in [0.25, 0.3) is 11.1 Å². The zero-order valence-corrected chi connectivity index (χ0v) is 17.8. The van der Waals surface area contributed by atoms with E-state index in [1.807, 2.05) is 0 Å². The Morgan fingerprint density at radius 1 is 0.897 bits per heavy atom. The summed E-state index contributed by atoms with van der Waals surface area (Å²) in [6.07, 6.45) is 1.06. The lowest BCUT2D eigenvalue weighted by Crippen LogP contribution is -2.25. The number of hydrogen-bond acceptors (Lipinski definition) is 3. The van der Waals surface area contributed by atoms with Crippen molar-refractivity contribution in [3.05, 3.63) is 87.7 Å². The predicted molar refractivity (Wildman–Crippen MR) is 115 cm³/mol. The second-order valence-electron chi connectivity index (χ2n) is 6.46. The molecule has 0 aliphatic rings. The molecule has 0 aliphatic carbocycles. The van der Waals surface area contributed by atoms with Gasteiger partial charge in [-0.1, -0.05) is 47.5 Å². The summed E-state index contributed by atoms with van der Waals surface area (Å²) in [5.74, 6) is -0.764. The van der Waals surface area contributed by atoms with Crippen molar-refractivity contribution < 1.29 is 17.6 Å². The summed E-state index contributed by atoms with van der Waals surface area (Å²) < 4.78 is 38.7. The Balaban J connectivity index is 2.16. The molecule has 0 unspecified atom stereocenters. The first-order valence-electron chi connectivity index (χ1n) is 8.41. The number of halogens is 3. The maximum Gasteiger partial charge on any atom is 0.232 e. The van der Waals surface area contributed by atoms with Crippen LogP contribution in [0.15, 0.2) is 60.7 Å². The average molecular weight is 452 g/mol. The highest BCUT2D eigenvalue weighted by atomic mass is 35.5. The molecule has 0 saturated carbocycles. The van der Waals surface area contributed by atoms with Crippen LogP contribution in [0.5, 0.6) is 0 Å². The van der Waals surface area contributed by atoms with Crippen molar-refractivity contribution in [3.63, 3.8) is 0 Å². The van der Waals surface area contributed by atoms with Crippen LogP contribution >= 0.6 is 23.2 Å². The van der Waals surface area contributed by atoms with E-state index >= 15 is 0 Å². The molecule has 0 amide bonds. The molecule has 0 aromatic heterocycles. The Morgan fingerprint density at radius 3 is 2.03 bits per heavy atom. The third-order valence-corrected chi connectivity index (χ3v) is 6.00. The molecule has 150 valence electrons. The second kappa shape index (κ2) is 8.14. The maximum atomic E-state index is 13.3. The summed E-state index contributed by atoms with van der Waals surface area (Å²) in [6.45, 7) is 0. The van der Waals surface area contributed by atoms with E-state index in [9.17, 15) is 17.6 Å². The van der Waals surface area contributed by atoms with Crippen molar-refractivity contribution >= 4 is 44.7 Å². The molecule has 0 fully saturated rings. The molecule has 0 saturated heterocycles. The molecule has 0 heterocycles. The summed E-state index contributed by atoms with van der Waals surface area (Å²) >= 11 is 12.0. The van der Waals surface area contributed by atoms with E-state index in [0.717, 1.165) is 10.6 Å². The van der Waals surface area contributed by atoms with Crippen molar-refractivity contribution in [1.82, 2.24) is 0 Å². The van der Waals surface area contributed by atoms with Gasteiger partial charge in [-0.05, 0) is 42.0 Å². The third-order valence-electron chi connectivity index (χ3n) is 4.38. The highest BCUT2D eigenvalue weighted by molar-refractivity contribution is 7.92. The molecule has 3 aromatic rings. The summed E-state index contributed by atoms with van der Waals surface area (Å²) in [4.78, 5) is 12.9. The van der Waals surface area contributed by atoms with Crippen LogP contribution in [0.4, 0.5) is 10.1 Å². The molecule has 4 nitrogen and oxygen atoms in total. The number of rotatable bonds is 5. The van der Waals surface area contributed by atoms with Gasteiger partial charge in [-0.25, -0.2) is 12.8 Å². The van der Waals surface area contributed by atoms with Crippen LogP contribution < -0.4 is 4.31 Å². The van der Waals surface area contributed by atoms with E-state index in [-0.39, 0.29) is 22.6 Å². The number of carbonyl (C=O) groups is 1. The van der Waals surface area contributed by atoms with Crippen molar-refractivity contribution in [2.45, 2.75) is 0 Å². The van der Waals surface area contributed by atoms with E-state index in [1.54, 1.807) is 24.3 Å². The van der Waals surface area contributed by atoms with Crippen LogP contribution in [0, 0.1) is 5.82 Å². The normalized spacial score (nSPS) is 11.3. The molecular weight excluding hydrogens is 436 g/mol. The van der Waals surface area contributed by atoms with Crippen LogP contribution in [0.3, 0.4) is 0 Å². The Morgan fingerprint density at radius 2 is 1.48 bits per heavy atom. The van der Waals surface area contributed by atoms with E-state index in [2.05, 4.69) is 0 Å². The van der Waals surface area contributed by atoms with Gasteiger partial charge in [0, 0.05) is 33.8 Å². The minimum atomic E-state index is -3.61. The first kappa shape index (κ1) is 21.3. The van der Waals surface area contributed by atoms with E-state index in [4.69, 9.17) is 23.2 Å². The predicted octanol–water partition coefficient (Wildman–Crippen LogP) is 5.43. The monoisotopic (exact) mass is 451 g/mol. The number of sulfonamides is 1. The first-order valence-corrected chi connectivity index (χ1v) is 11.0. The molecule has 0 atom stereocenters. The Labute approximate surface area is 178 Å². The quantitative estimate of drug-likeness (QED) is 0.486. The molecule has 8 heteroatoms. The van der Waals surface area contributed by atoms with Gasteiger partial charge < -0.3 is 0 Å². The van der Waals surface area contributed by atoms with Gasteiger partial charge in [0.15, 0.2) is 5.78 Å². The number of nitrogens with zero attached hydrogens (tertiary/aromatic N) is 1. The molecule has 3 rings (SSSR count). The molecule has 0 aliphatic heterocycles. The fraction of sp³-hybridized carbons (Fsp3) is 0.0952. The fourth-order valence-electron chi connectivity index (χ4n) is 2.84. The lowest BCUT2D eigenvalue weighted by atomic mass is 9.97. The number of benzene rings is 3. The molecule has 0 spiro atoms. The van der Waals surface area contributed by atoms with Gasteiger partial charge in [0.2, 0.25) is 10.0 Å². The van der Waals surface area contributed by atoms with Crippen molar-refractivity contribution in [2.24, 2.45) is 0 Å². The van der Waals surface area contributed by atoms with Gasteiger partial charge in [-0.15, -0.1) is 0 Å². The van der Waals surface area contributed by atoms with Crippen LogP contribution in [-0.2, 0) is 10.0 Å². The van der Waals surface area contributed by atoms with Crippen molar-refractivity contribution in [3.8, 4) is 11.1 Å². The summed E-state index contributed by atoms with van der Waals surface area (Å²) in [5.41, 5.74) is 1.99. The van der Waals surface area contributed by atoms with E-state index < -0.39 is 15.8 Å². The largest absolute Gasteiger partial charge is 0.289 e. The number of anilines is 1. The lowest BCUT2D eigenvalue weighted by Gasteiger charge is -2.21. The zero-order chi connectivity index (χ0) is 21.3. The second-order valence-corrected chi connectivity index (χ2v) is 9.34. The number of carbonyl (C=O) groups excluding carboxylic acids is 1. The average Bonchev–Trinajstić information content (AvgIpc) is 2.65. The Kier molecular flexibility index (Phi) is 5.98. The molecule has 0 N–H and O–H groups in total. The van der Waals surface area contributed by atoms with Crippen LogP contribution in [-0.4, -0.2) is 27.5 Å². The highest BCUT2D eigenvalue weighted by Gasteiger charge is 2.20. The Hall–Kier alpha value is -2.41. The van der Waals surface area contributed by atoms with Gasteiger partial charge in [0.05, 0.1) is 11.9 Å². The Bertz CT molecular complexity index is 1170. The minimum Gasteiger partial charge on any atom is -0.289 e. The molecule has 0 radical (unpaired) electrons. The van der Waals surface area contributed by atoms with Gasteiger partial charge in [-0.2, -0.15) is 0 Å². The first-order chi connectivity index (χ1) is 13.6. The number of ketones is 1. The van der Waals surface area contributed by atoms with Gasteiger partial charge in [0.1, 0.15) is 5.82 Å². The SMILES string of the molecule is CN(c1cc(C(=O)c2cc(Cl)cc(Cl)c2)ccc1-c1ccc(F)cc1)S(C)(=O)=O. The summed E-state index contributed by atoms with van der Waals surface area (Å²) in [6, 6.07) is 14.8. The minimum absolute atomic E-state index is 0.264. The van der Waals surface area contributed by atoms with E-state index in [1.165, 1.54) is 43.4 Å². The van der Waals surface area contributed by atoms with Crippen molar-refractivity contribution in [2.75, 3.05) is 17.6 Å². The standard InChI is InChI=1S/C21H16Cl2FNO3S/c1-25(29(2,27)28)20-11-14(21(26)15-9-16(22)12-17(23)10-15)5-8-19(20)13-3-6-18(24)7-4-13/h3-12H,1-2H3. The van der Waals surface area contributed by atoms with E-state index in [0.29, 0.717) is 21.2 Å². The molecule has 29 heavy (non-hydrogen) atoms. The van der Waals surface area contributed by atoms with Gasteiger partial charge >= 0.3 is 0 Å². The smallest absolute Gasteiger partial charge is 0.232 e. The third kappa shape index (κ3) is 4.78. The molecule has 0 bridgehead atoms. The summed E-state index contributed by atoms with van der Waals surface area (Å²) in [7, 11) is -2.22.